The van der Waals surface area contributed by atoms with E-state index in [9.17, 15) is 0 Å². The van der Waals surface area contributed by atoms with Gasteiger partial charge in [0, 0.05) is 38.8 Å². The summed E-state index contributed by atoms with van der Waals surface area (Å²) in [6.07, 6.45) is 4.22. The van der Waals surface area contributed by atoms with Gasteiger partial charge in [-0.1, -0.05) is 13.8 Å². The van der Waals surface area contributed by atoms with Crippen molar-refractivity contribution in [3.05, 3.63) is 18.5 Å². The van der Waals surface area contributed by atoms with E-state index in [0.29, 0.717) is 0 Å². The Morgan fingerprint density at radius 1 is 1.38 bits per heavy atom. The first-order valence-corrected chi connectivity index (χ1v) is 6.07. The number of rotatable bonds is 3. The Labute approximate surface area is 126 Å². The number of nitrogens with zero attached hydrogens (tertiary/aromatic N) is 2. The average Bonchev–Trinajstić information content (AvgIpc) is 2.53. The molecular formula is C13H24N2Y-2. The molecule has 2 saturated heterocycles. The fourth-order valence-corrected chi connectivity index (χ4v) is 2.59. The van der Waals surface area contributed by atoms with Gasteiger partial charge in [-0.2, -0.15) is 0 Å². The van der Waals surface area contributed by atoms with Gasteiger partial charge < -0.3 is 16.8 Å². The summed E-state index contributed by atoms with van der Waals surface area (Å²) < 4.78 is 0. The van der Waals surface area contributed by atoms with Crippen LogP contribution in [0, 0.1) is 12.5 Å². The quantitative estimate of drug-likeness (QED) is 0.732. The summed E-state index contributed by atoms with van der Waals surface area (Å²) in [6, 6.07) is 1.69. The topological polar surface area (TPSA) is 17.3 Å². The minimum absolute atomic E-state index is 0. The van der Waals surface area contributed by atoms with Gasteiger partial charge in [0.15, 0.2) is 0 Å². The summed E-state index contributed by atoms with van der Waals surface area (Å²) in [5, 5.41) is 4.31. The van der Waals surface area contributed by atoms with E-state index in [0.717, 1.165) is 31.1 Å². The minimum Gasteiger partial charge on any atom is -0.660 e. The summed E-state index contributed by atoms with van der Waals surface area (Å²) in [6.45, 7) is 15.2. The molecule has 2 nitrogen and oxygen atoms in total. The summed E-state index contributed by atoms with van der Waals surface area (Å²) in [7, 11) is 0. The largest absolute Gasteiger partial charge is 0.660 e. The van der Waals surface area contributed by atoms with Gasteiger partial charge >= 0.3 is 0 Å². The third-order valence-corrected chi connectivity index (χ3v) is 3.31. The molecule has 1 radical (unpaired) electrons. The minimum atomic E-state index is 0. The Kier molecular flexibility index (Phi) is 9.22. The second kappa shape index (κ2) is 8.80. The van der Waals surface area contributed by atoms with Gasteiger partial charge in [0.25, 0.3) is 0 Å². The second-order valence-electron chi connectivity index (χ2n) is 4.91. The zero-order valence-electron chi connectivity index (χ0n) is 10.7. The molecule has 0 aromatic heterocycles. The fraction of sp³-hybridized carbons (Fsp3) is 0.846. The maximum atomic E-state index is 4.31. The molecule has 16 heavy (non-hydrogen) atoms. The second-order valence-corrected chi connectivity index (χ2v) is 4.91. The Bertz CT molecular complexity index is 181. The molecule has 0 saturated carbocycles. The van der Waals surface area contributed by atoms with Crippen LogP contribution in [0.5, 0.6) is 0 Å². The van der Waals surface area contributed by atoms with Crippen LogP contribution in [0.1, 0.15) is 33.1 Å². The van der Waals surface area contributed by atoms with Crippen LogP contribution in [0.2, 0.25) is 0 Å². The Hall–Kier alpha value is 0.764. The Morgan fingerprint density at radius 2 is 2.00 bits per heavy atom. The van der Waals surface area contributed by atoms with Gasteiger partial charge in [-0.25, -0.2) is 0 Å². The molecule has 3 heteroatoms. The first-order valence-electron chi connectivity index (χ1n) is 6.07. The van der Waals surface area contributed by atoms with E-state index >= 15 is 0 Å². The van der Waals surface area contributed by atoms with Crippen molar-refractivity contribution in [3.8, 4) is 0 Å². The molecule has 0 aromatic carbocycles. The number of hydrogen-bond acceptors (Lipinski definition) is 1. The molecule has 2 rings (SSSR count). The molecule has 0 spiro atoms. The molecular weight excluding hydrogens is 273 g/mol. The first-order chi connectivity index (χ1) is 7.27. The number of likely N-dealkylation sites (tertiary alicyclic amines) is 1. The maximum absolute atomic E-state index is 4.31. The Morgan fingerprint density at radius 3 is 2.44 bits per heavy atom. The van der Waals surface area contributed by atoms with E-state index in [1.165, 1.54) is 25.8 Å². The van der Waals surface area contributed by atoms with Crippen LogP contribution in [0.15, 0.2) is 6.58 Å². The molecule has 2 heterocycles. The standard InChI is InChI=1S/C11H21N2.C2H3.Y/c1-9(2)6-10-4-3-5-13(10)11-7-12-8-11;1-2;/h9-11H,3-8H2,1-2H3;1H,2H2;/q2*-1;. The van der Waals surface area contributed by atoms with Crippen molar-refractivity contribution in [1.29, 1.82) is 0 Å². The third-order valence-electron chi connectivity index (χ3n) is 3.31. The molecule has 0 aliphatic carbocycles. The molecule has 2 aliphatic heterocycles. The fourth-order valence-electron chi connectivity index (χ4n) is 2.59. The zero-order valence-corrected chi connectivity index (χ0v) is 13.6. The van der Waals surface area contributed by atoms with Crippen LogP contribution in [0.4, 0.5) is 0 Å². The summed E-state index contributed by atoms with van der Waals surface area (Å²) >= 11 is 0. The average molecular weight is 297 g/mol. The normalized spacial score (nSPS) is 25.6. The van der Waals surface area contributed by atoms with Gasteiger partial charge in [-0.15, -0.1) is 13.1 Å². The van der Waals surface area contributed by atoms with Crippen molar-refractivity contribution in [2.45, 2.75) is 45.2 Å². The molecule has 1 unspecified atom stereocenters. The zero-order chi connectivity index (χ0) is 11.3. The van der Waals surface area contributed by atoms with Gasteiger partial charge in [-0.05, 0) is 37.8 Å². The third kappa shape index (κ3) is 4.56. The summed E-state index contributed by atoms with van der Waals surface area (Å²) in [5.41, 5.74) is 0. The van der Waals surface area contributed by atoms with Gasteiger partial charge in [0.05, 0.1) is 0 Å². The molecule has 91 valence electrons. The first kappa shape index (κ1) is 16.8. The van der Waals surface area contributed by atoms with Crippen LogP contribution in [-0.4, -0.2) is 36.6 Å². The van der Waals surface area contributed by atoms with E-state index in [1.807, 2.05) is 0 Å². The van der Waals surface area contributed by atoms with Crippen molar-refractivity contribution in [3.63, 3.8) is 0 Å². The van der Waals surface area contributed by atoms with Crippen LogP contribution >= 0.6 is 0 Å². The molecule has 0 N–H and O–H groups in total. The molecule has 1 atom stereocenters. The number of hydrogen-bond donors (Lipinski definition) is 0. The van der Waals surface area contributed by atoms with Gasteiger partial charge in [-0.3, -0.25) is 6.58 Å². The smallest absolute Gasteiger partial charge is 0.00996 e. The SMILES string of the molecule is CC(C)CC1CCCN1C1C[N-]C1.[CH-]=C.[Y]. The van der Waals surface area contributed by atoms with Crippen molar-refractivity contribution < 1.29 is 32.7 Å². The molecule has 0 amide bonds. The predicted molar refractivity (Wildman–Crippen MR) is 66.0 cm³/mol. The van der Waals surface area contributed by atoms with Gasteiger partial charge in [0.2, 0.25) is 0 Å². The summed E-state index contributed by atoms with van der Waals surface area (Å²) in [5.74, 6) is 0.850. The predicted octanol–water partition coefficient (Wildman–Crippen LogP) is 2.86. The van der Waals surface area contributed by atoms with Crippen molar-refractivity contribution in [1.82, 2.24) is 4.90 Å². The molecule has 0 bridgehead atoms. The van der Waals surface area contributed by atoms with E-state index in [2.05, 4.69) is 37.2 Å². The van der Waals surface area contributed by atoms with Gasteiger partial charge in [0.1, 0.15) is 0 Å². The van der Waals surface area contributed by atoms with E-state index in [4.69, 9.17) is 0 Å². The summed E-state index contributed by atoms with van der Waals surface area (Å²) in [4.78, 5) is 2.72. The van der Waals surface area contributed by atoms with Crippen molar-refractivity contribution in [2.24, 2.45) is 5.92 Å². The van der Waals surface area contributed by atoms with E-state index in [1.54, 1.807) is 0 Å². The Balaban J connectivity index is 0.000000711. The van der Waals surface area contributed by atoms with Crippen LogP contribution in [-0.2, 0) is 32.7 Å². The maximum Gasteiger partial charge on any atom is 0.00996 e. The van der Waals surface area contributed by atoms with Crippen LogP contribution in [0.25, 0.3) is 5.32 Å². The van der Waals surface area contributed by atoms with E-state index in [-0.39, 0.29) is 32.7 Å². The molecule has 2 aliphatic rings. The monoisotopic (exact) mass is 297 g/mol. The van der Waals surface area contributed by atoms with Crippen LogP contribution in [0.3, 0.4) is 0 Å². The van der Waals surface area contributed by atoms with Crippen LogP contribution < -0.4 is 0 Å². The van der Waals surface area contributed by atoms with Crippen molar-refractivity contribution >= 4 is 0 Å². The van der Waals surface area contributed by atoms with E-state index < -0.39 is 0 Å². The molecule has 0 aromatic rings. The van der Waals surface area contributed by atoms with Crippen molar-refractivity contribution in [2.75, 3.05) is 19.6 Å². The molecule has 2 fully saturated rings.